The molecule has 0 spiro atoms. The third-order valence-electron chi connectivity index (χ3n) is 2.62. The molecule has 1 aliphatic rings. The van der Waals surface area contributed by atoms with Gasteiger partial charge in [-0.15, -0.1) is 0 Å². The lowest BCUT2D eigenvalue weighted by molar-refractivity contribution is -0.148. The molecule has 5 heteroatoms. The summed E-state index contributed by atoms with van der Waals surface area (Å²) in [6.45, 7) is 1.21. The Labute approximate surface area is 90.1 Å². The minimum Gasteiger partial charge on any atom is -0.381 e. The molecule has 0 saturated carbocycles. The highest BCUT2D eigenvalue weighted by molar-refractivity contribution is 9.09. The SMILES string of the molecule is FC(F)(F)C[C@H](CBr)C1CCOCC1. The average molecular weight is 275 g/mol. The van der Waals surface area contributed by atoms with Crippen molar-refractivity contribution in [2.45, 2.75) is 25.4 Å². The Bertz CT molecular complexity index is 166. The van der Waals surface area contributed by atoms with Gasteiger partial charge in [-0.2, -0.15) is 13.2 Å². The summed E-state index contributed by atoms with van der Waals surface area (Å²) in [6.07, 6.45) is -3.21. The Balaban J connectivity index is 2.43. The van der Waals surface area contributed by atoms with E-state index >= 15 is 0 Å². The van der Waals surface area contributed by atoms with Crippen LogP contribution < -0.4 is 0 Å². The zero-order chi connectivity index (χ0) is 10.6. The van der Waals surface area contributed by atoms with E-state index in [1.807, 2.05) is 0 Å². The van der Waals surface area contributed by atoms with E-state index in [0.29, 0.717) is 18.5 Å². The van der Waals surface area contributed by atoms with Gasteiger partial charge >= 0.3 is 6.18 Å². The minimum absolute atomic E-state index is 0.157. The molecule has 1 heterocycles. The fourth-order valence-electron chi connectivity index (χ4n) is 1.83. The summed E-state index contributed by atoms with van der Waals surface area (Å²) in [4.78, 5) is 0. The third-order valence-corrected chi connectivity index (χ3v) is 3.46. The zero-order valence-electron chi connectivity index (χ0n) is 7.82. The molecule has 0 bridgehead atoms. The van der Waals surface area contributed by atoms with E-state index in [4.69, 9.17) is 4.74 Å². The molecule has 0 radical (unpaired) electrons. The molecule has 14 heavy (non-hydrogen) atoms. The summed E-state index contributed by atoms with van der Waals surface area (Å²) in [7, 11) is 0. The van der Waals surface area contributed by atoms with Gasteiger partial charge in [0.1, 0.15) is 0 Å². The van der Waals surface area contributed by atoms with Crippen molar-refractivity contribution in [1.29, 1.82) is 0 Å². The van der Waals surface area contributed by atoms with Crippen LogP contribution in [0.2, 0.25) is 0 Å². The molecular formula is C9H14BrF3O. The molecule has 0 aromatic rings. The molecule has 84 valence electrons. The first-order chi connectivity index (χ1) is 6.53. The zero-order valence-corrected chi connectivity index (χ0v) is 9.40. The Hall–Kier alpha value is 0.230. The maximum Gasteiger partial charge on any atom is 0.389 e. The van der Waals surface area contributed by atoms with Crippen molar-refractivity contribution < 1.29 is 17.9 Å². The van der Waals surface area contributed by atoms with Crippen molar-refractivity contribution in [2.75, 3.05) is 18.5 Å². The first-order valence-corrected chi connectivity index (χ1v) is 5.85. The van der Waals surface area contributed by atoms with Crippen LogP contribution in [0.3, 0.4) is 0 Å². The van der Waals surface area contributed by atoms with E-state index < -0.39 is 12.6 Å². The standard InChI is InChI=1S/C9H14BrF3O/c10-6-8(5-9(11,12)13)7-1-3-14-4-2-7/h7-8H,1-6H2/t8-/m1/s1. The predicted molar refractivity (Wildman–Crippen MR) is 51.5 cm³/mol. The van der Waals surface area contributed by atoms with Crippen molar-refractivity contribution in [1.82, 2.24) is 0 Å². The molecule has 0 unspecified atom stereocenters. The lowest BCUT2D eigenvalue weighted by atomic mass is 9.85. The van der Waals surface area contributed by atoms with Crippen molar-refractivity contribution in [3.63, 3.8) is 0 Å². The molecule has 1 atom stereocenters. The van der Waals surface area contributed by atoms with Gasteiger partial charge in [-0.25, -0.2) is 0 Å². The number of ether oxygens (including phenoxy) is 1. The van der Waals surface area contributed by atoms with Gasteiger partial charge in [-0.1, -0.05) is 15.9 Å². The van der Waals surface area contributed by atoms with Crippen LogP contribution in [0, 0.1) is 11.8 Å². The largest absolute Gasteiger partial charge is 0.389 e. The van der Waals surface area contributed by atoms with Gasteiger partial charge in [-0.3, -0.25) is 0 Å². The van der Waals surface area contributed by atoms with Crippen LogP contribution >= 0.6 is 15.9 Å². The van der Waals surface area contributed by atoms with Crippen LogP contribution in [0.15, 0.2) is 0 Å². The van der Waals surface area contributed by atoms with E-state index in [1.165, 1.54) is 0 Å². The second-order valence-corrected chi connectivity index (χ2v) is 4.33. The molecular weight excluding hydrogens is 261 g/mol. The molecule has 1 fully saturated rings. The van der Waals surface area contributed by atoms with Crippen LogP contribution in [0.1, 0.15) is 19.3 Å². The van der Waals surface area contributed by atoms with Crippen LogP contribution in [-0.2, 0) is 4.74 Å². The normalized spacial score (nSPS) is 22.3. The molecule has 0 amide bonds. The number of alkyl halides is 4. The van der Waals surface area contributed by atoms with Crippen LogP contribution in [0.4, 0.5) is 13.2 Å². The Morgan fingerprint density at radius 2 is 1.86 bits per heavy atom. The quantitative estimate of drug-likeness (QED) is 0.717. The van der Waals surface area contributed by atoms with E-state index in [9.17, 15) is 13.2 Å². The summed E-state index contributed by atoms with van der Waals surface area (Å²) in [5.41, 5.74) is 0. The molecule has 0 aromatic heterocycles. The Morgan fingerprint density at radius 1 is 1.29 bits per heavy atom. The highest BCUT2D eigenvalue weighted by atomic mass is 79.9. The van der Waals surface area contributed by atoms with Crippen molar-refractivity contribution >= 4 is 15.9 Å². The maximum absolute atomic E-state index is 12.2. The van der Waals surface area contributed by atoms with Crippen molar-refractivity contribution in [3.8, 4) is 0 Å². The first kappa shape index (κ1) is 12.3. The van der Waals surface area contributed by atoms with E-state index in [2.05, 4.69) is 15.9 Å². The fourth-order valence-corrected chi connectivity index (χ4v) is 2.59. The first-order valence-electron chi connectivity index (χ1n) is 4.73. The number of hydrogen-bond acceptors (Lipinski definition) is 1. The highest BCUT2D eigenvalue weighted by Crippen LogP contribution is 2.34. The lowest BCUT2D eigenvalue weighted by Crippen LogP contribution is -2.28. The van der Waals surface area contributed by atoms with Crippen LogP contribution in [0.25, 0.3) is 0 Å². The van der Waals surface area contributed by atoms with E-state index in [0.717, 1.165) is 12.8 Å². The van der Waals surface area contributed by atoms with Gasteiger partial charge < -0.3 is 4.74 Å². The summed E-state index contributed by atoms with van der Waals surface area (Å²) < 4.78 is 41.7. The third kappa shape index (κ3) is 4.17. The second-order valence-electron chi connectivity index (χ2n) is 3.68. The predicted octanol–water partition coefficient (Wildman–Crippen LogP) is 3.38. The molecule has 0 aromatic carbocycles. The Kier molecular flexibility index (Phi) is 4.70. The summed E-state index contributed by atoms with van der Waals surface area (Å²) in [5.74, 6) is -0.136. The maximum atomic E-state index is 12.2. The topological polar surface area (TPSA) is 9.23 Å². The molecule has 1 aliphatic heterocycles. The van der Waals surface area contributed by atoms with Gasteiger partial charge in [0, 0.05) is 25.0 Å². The van der Waals surface area contributed by atoms with Crippen molar-refractivity contribution in [2.24, 2.45) is 11.8 Å². The summed E-state index contributed by atoms with van der Waals surface area (Å²) >= 11 is 3.16. The van der Waals surface area contributed by atoms with E-state index in [-0.39, 0.29) is 11.8 Å². The van der Waals surface area contributed by atoms with Crippen LogP contribution in [-0.4, -0.2) is 24.7 Å². The van der Waals surface area contributed by atoms with Crippen LogP contribution in [0.5, 0.6) is 0 Å². The highest BCUT2D eigenvalue weighted by Gasteiger charge is 2.35. The second kappa shape index (κ2) is 5.35. The van der Waals surface area contributed by atoms with Gasteiger partial charge in [0.25, 0.3) is 0 Å². The number of rotatable bonds is 3. The fraction of sp³-hybridized carbons (Fsp3) is 1.00. The van der Waals surface area contributed by atoms with Gasteiger partial charge in [-0.05, 0) is 24.7 Å². The number of halogens is 4. The summed E-state index contributed by atoms with van der Waals surface area (Å²) in [6, 6.07) is 0. The van der Waals surface area contributed by atoms with E-state index in [1.54, 1.807) is 0 Å². The Morgan fingerprint density at radius 3 is 2.29 bits per heavy atom. The van der Waals surface area contributed by atoms with Crippen molar-refractivity contribution in [3.05, 3.63) is 0 Å². The molecule has 0 aliphatic carbocycles. The van der Waals surface area contributed by atoms with Gasteiger partial charge in [0.15, 0.2) is 0 Å². The summed E-state index contributed by atoms with van der Waals surface area (Å²) in [5, 5.41) is 0.428. The van der Waals surface area contributed by atoms with Gasteiger partial charge in [0.05, 0.1) is 0 Å². The molecule has 1 saturated heterocycles. The molecule has 0 N–H and O–H groups in total. The average Bonchev–Trinajstić information content (AvgIpc) is 2.14. The minimum atomic E-state index is -4.04. The van der Waals surface area contributed by atoms with Gasteiger partial charge in [0.2, 0.25) is 0 Å². The number of hydrogen-bond donors (Lipinski definition) is 0. The smallest absolute Gasteiger partial charge is 0.381 e. The molecule has 1 nitrogen and oxygen atoms in total. The molecule has 1 rings (SSSR count). The lowest BCUT2D eigenvalue weighted by Gasteiger charge is -2.29. The monoisotopic (exact) mass is 274 g/mol.